The molecule has 0 amide bonds. The van der Waals surface area contributed by atoms with E-state index in [4.69, 9.17) is 28.9 Å². The molecule has 1 aliphatic rings. The quantitative estimate of drug-likeness (QED) is 0.729. The predicted molar refractivity (Wildman–Crippen MR) is 81.2 cm³/mol. The van der Waals surface area contributed by atoms with Gasteiger partial charge in [0.1, 0.15) is 0 Å². The van der Waals surface area contributed by atoms with Gasteiger partial charge in [-0.2, -0.15) is 0 Å². The first kappa shape index (κ1) is 15.9. The minimum atomic E-state index is 0.186. The maximum absolute atomic E-state index is 5.90. The Balaban J connectivity index is 2.65. The molecule has 2 N–H and O–H groups in total. The van der Waals surface area contributed by atoms with E-state index in [1.54, 1.807) is 0 Å². The van der Waals surface area contributed by atoms with Crippen molar-refractivity contribution in [3.63, 3.8) is 0 Å². The highest BCUT2D eigenvalue weighted by atomic mass is 35.5. The van der Waals surface area contributed by atoms with E-state index >= 15 is 0 Å². The molecule has 1 aliphatic carbocycles. The zero-order valence-corrected chi connectivity index (χ0v) is 12.8. The lowest BCUT2D eigenvalue weighted by molar-refractivity contribution is 0.343. The van der Waals surface area contributed by atoms with E-state index in [1.165, 1.54) is 5.70 Å². The third-order valence-corrected chi connectivity index (χ3v) is 3.63. The molecule has 0 aliphatic heterocycles. The number of nitrogens with zero attached hydrogens (tertiary/aromatic N) is 1. The van der Waals surface area contributed by atoms with Crippen LogP contribution in [-0.2, 0) is 0 Å². The van der Waals surface area contributed by atoms with E-state index in [1.807, 2.05) is 0 Å². The average Bonchev–Trinajstić information content (AvgIpc) is 2.28. The van der Waals surface area contributed by atoms with Gasteiger partial charge in [0, 0.05) is 36.6 Å². The molecule has 0 fully saturated rings. The van der Waals surface area contributed by atoms with E-state index in [0.717, 1.165) is 25.9 Å². The Hall–Kier alpha value is -0.180. The second-order valence-electron chi connectivity index (χ2n) is 5.37. The van der Waals surface area contributed by atoms with Gasteiger partial charge in [-0.1, -0.05) is 19.1 Å². The smallest absolute Gasteiger partial charge is 0.0399 e. The number of hydrogen-bond donors (Lipinski definition) is 1. The monoisotopic (exact) mass is 290 g/mol. The Kier molecular flexibility index (Phi) is 6.54. The Morgan fingerprint density at radius 2 is 2.00 bits per heavy atom. The van der Waals surface area contributed by atoms with Crippen molar-refractivity contribution in [1.29, 1.82) is 0 Å². The summed E-state index contributed by atoms with van der Waals surface area (Å²) in [7, 11) is 0. The fourth-order valence-corrected chi connectivity index (χ4v) is 2.86. The summed E-state index contributed by atoms with van der Waals surface area (Å²) >= 11 is 11.6. The van der Waals surface area contributed by atoms with E-state index in [0.29, 0.717) is 11.8 Å². The molecule has 0 aromatic rings. The standard InChI is InChI=1S/C14H24Cl2N2/c1-12(17)11-14(2)5-3-13(4-6-14)18(9-7-15)10-8-16/h3-5,12H,6-11,17H2,1-2H3. The Morgan fingerprint density at radius 3 is 2.39 bits per heavy atom. The summed E-state index contributed by atoms with van der Waals surface area (Å²) in [6.07, 6.45) is 8.79. The zero-order chi connectivity index (χ0) is 13.6. The largest absolute Gasteiger partial charge is 0.369 e. The number of allylic oxidation sites excluding steroid dienone is 3. The molecule has 0 saturated carbocycles. The lowest BCUT2D eigenvalue weighted by Gasteiger charge is -2.33. The van der Waals surface area contributed by atoms with Crippen LogP contribution in [0.2, 0.25) is 0 Å². The predicted octanol–water partition coefficient (Wildman–Crippen LogP) is 3.35. The minimum absolute atomic E-state index is 0.186. The van der Waals surface area contributed by atoms with Gasteiger partial charge in [0.2, 0.25) is 0 Å². The molecular weight excluding hydrogens is 267 g/mol. The average molecular weight is 291 g/mol. The molecule has 18 heavy (non-hydrogen) atoms. The highest BCUT2D eigenvalue weighted by Crippen LogP contribution is 2.34. The van der Waals surface area contributed by atoms with E-state index in [9.17, 15) is 0 Å². The van der Waals surface area contributed by atoms with Crippen LogP contribution in [0.4, 0.5) is 0 Å². The molecule has 2 atom stereocenters. The highest BCUT2D eigenvalue weighted by molar-refractivity contribution is 6.18. The van der Waals surface area contributed by atoms with Crippen LogP contribution in [0.1, 0.15) is 26.7 Å². The summed E-state index contributed by atoms with van der Waals surface area (Å²) in [5, 5.41) is 0. The SMILES string of the molecule is CC(N)CC1(C)C=CC(N(CCCl)CCCl)=CC1. The van der Waals surface area contributed by atoms with Gasteiger partial charge < -0.3 is 10.6 Å². The molecule has 2 unspecified atom stereocenters. The van der Waals surface area contributed by atoms with Crippen LogP contribution in [0, 0.1) is 5.41 Å². The summed E-state index contributed by atoms with van der Waals surface area (Å²) in [5.74, 6) is 1.25. The van der Waals surface area contributed by atoms with Gasteiger partial charge in [-0.05, 0) is 31.3 Å². The molecule has 0 aromatic heterocycles. The molecular formula is C14H24Cl2N2. The van der Waals surface area contributed by atoms with Gasteiger partial charge in [-0.3, -0.25) is 0 Å². The number of nitrogens with two attached hydrogens (primary N) is 1. The lowest BCUT2D eigenvalue weighted by Crippen LogP contribution is -2.30. The van der Waals surface area contributed by atoms with Crippen molar-refractivity contribution >= 4 is 23.2 Å². The molecule has 4 heteroatoms. The van der Waals surface area contributed by atoms with Crippen LogP contribution in [0.3, 0.4) is 0 Å². The van der Waals surface area contributed by atoms with Gasteiger partial charge in [0.05, 0.1) is 0 Å². The van der Waals surface area contributed by atoms with Crippen molar-refractivity contribution in [1.82, 2.24) is 4.90 Å². The Bertz CT molecular complexity index is 307. The normalized spacial score (nSPS) is 24.8. The molecule has 0 radical (unpaired) electrons. The van der Waals surface area contributed by atoms with Crippen LogP contribution in [-0.4, -0.2) is 35.8 Å². The Morgan fingerprint density at radius 1 is 1.39 bits per heavy atom. The molecule has 1 rings (SSSR count). The maximum Gasteiger partial charge on any atom is 0.0399 e. The van der Waals surface area contributed by atoms with Crippen LogP contribution in [0.15, 0.2) is 23.9 Å². The summed E-state index contributed by atoms with van der Waals surface area (Å²) in [6.45, 7) is 6.00. The summed E-state index contributed by atoms with van der Waals surface area (Å²) in [5.41, 5.74) is 7.32. The van der Waals surface area contributed by atoms with Crippen molar-refractivity contribution in [2.24, 2.45) is 11.1 Å². The second kappa shape index (κ2) is 7.42. The van der Waals surface area contributed by atoms with E-state index < -0.39 is 0 Å². The molecule has 0 bridgehead atoms. The van der Waals surface area contributed by atoms with E-state index in [2.05, 4.69) is 37.0 Å². The Labute approximate surface area is 121 Å². The van der Waals surface area contributed by atoms with Gasteiger partial charge in [-0.25, -0.2) is 0 Å². The van der Waals surface area contributed by atoms with Crippen LogP contribution >= 0.6 is 23.2 Å². The molecule has 0 spiro atoms. The third-order valence-electron chi connectivity index (χ3n) is 3.30. The number of rotatable bonds is 7. The third kappa shape index (κ3) is 4.83. The summed E-state index contributed by atoms with van der Waals surface area (Å²) in [6, 6.07) is 0.233. The molecule has 2 nitrogen and oxygen atoms in total. The van der Waals surface area contributed by atoms with Crippen molar-refractivity contribution in [2.45, 2.75) is 32.7 Å². The van der Waals surface area contributed by atoms with Gasteiger partial charge >= 0.3 is 0 Å². The van der Waals surface area contributed by atoms with Crippen molar-refractivity contribution < 1.29 is 0 Å². The fraction of sp³-hybridized carbons (Fsp3) is 0.714. The van der Waals surface area contributed by atoms with E-state index in [-0.39, 0.29) is 11.5 Å². The van der Waals surface area contributed by atoms with Crippen molar-refractivity contribution in [3.8, 4) is 0 Å². The second-order valence-corrected chi connectivity index (χ2v) is 6.12. The summed E-state index contributed by atoms with van der Waals surface area (Å²) in [4.78, 5) is 2.24. The van der Waals surface area contributed by atoms with Gasteiger partial charge in [0.25, 0.3) is 0 Å². The minimum Gasteiger partial charge on any atom is -0.369 e. The maximum atomic E-state index is 5.90. The summed E-state index contributed by atoms with van der Waals surface area (Å²) < 4.78 is 0. The van der Waals surface area contributed by atoms with Gasteiger partial charge in [0.15, 0.2) is 0 Å². The first-order valence-corrected chi connectivity index (χ1v) is 7.59. The number of halogens is 2. The van der Waals surface area contributed by atoms with Crippen LogP contribution in [0.5, 0.6) is 0 Å². The van der Waals surface area contributed by atoms with Gasteiger partial charge in [-0.15, -0.1) is 23.2 Å². The van der Waals surface area contributed by atoms with Crippen molar-refractivity contribution in [2.75, 3.05) is 24.8 Å². The first-order chi connectivity index (χ1) is 8.50. The molecule has 104 valence electrons. The lowest BCUT2D eigenvalue weighted by atomic mass is 9.78. The molecule has 0 heterocycles. The van der Waals surface area contributed by atoms with Crippen LogP contribution in [0.25, 0.3) is 0 Å². The first-order valence-electron chi connectivity index (χ1n) is 6.52. The molecule has 0 aromatic carbocycles. The highest BCUT2D eigenvalue weighted by Gasteiger charge is 2.24. The number of alkyl halides is 2. The zero-order valence-electron chi connectivity index (χ0n) is 11.3. The van der Waals surface area contributed by atoms with Crippen LogP contribution < -0.4 is 5.73 Å². The number of hydrogen-bond acceptors (Lipinski definition) is 2. The molecule has 0 saturated heterocycles. The van der Waals surface area contributed by atoms with Crippen molar-refractivity contribution in [3.05, 3.63) is 23.9 Å². The topological polar surface area (TPSA) is 29.3 Å². The fourth-order valence-electron chi connectivity index (χ4n) is 2.46.